The van der Waals surface area contributed by atoms with E-state index in [-0.39, 0.29) is 13.2 Å². The highest BCUT2D eigenvalue weighted by atomic mass is 19.1. The van der Waals surface area contributed by atoms with Crippen LogP contribution in [0.4, 0.5) is 15.0 Å². The van der Waals surface area contributed by atoms with Crippen LogP contribution < -0.4 is 4.90 Å². The van der Waals surface area contributed by atoms with Crippen LogP contribution in [0, 0.1) is 5.82 Å². The number of halogens is 1. The van der Waals surface area contributed by atoms with E-state index in [2.05, 4.69) is 5.10 Å². The second-order valence-corrected chi connectivity index (χ2v) is 6.51. The Morgan fingerprint density at radius 2 is 1.71 bits per heavy atom. The van der Waals surface area contributed by atoms with Crippen molar-refractivity contribution in [1.82, 2.24) is 14.8 Å². The van der Waals surface area contributed by atoms with E-state index in [1.165, 1.54) is 17.2 Å². The molecule has 0 atom stereocenters. The summed E-state index contributed by atoms with van der Waals surface area (Å²) in [6.45, 7) is 5.35. The third kappa shape index (κ3) is 5.37. The highest BCUT2D eigenvalue weighted by molar-refractivity contribution is 5.96. The maximum Gasteiger partial charge on any atom is 0.435 e. The van der Waals surface area contributed by atoms with Crippen molar-refractivity contribution < 1.29 is 33.1 Å². The number of fused-ring (bicyclic) bond motifs is 1. The number of aromatic nitrogens is 2. The molecule has 1 fully saturated rings. The van der Waals surface area contributed by atoms with Gasteiger partial charge in [-0.05, 0) is 26.0 Å². The molecule has 0 radical (unpaired) electrons. The fraction of sp³-hybridized carbons (Fsp3) is 0.400. The number of piperazine rings is 1. The van der Waals surface area contributed by atoms with Gasteiger partial charge in [0.05, 0.1) is 31.8 Å². The minimum atomic E-state index is -0.690. The van der Waals surface area contributed by atoms with Crippen LogP contribution in [-0.4, -0.2) is 72.3 Å². The molecule has 1 aliphatic rings. The SMILES string of the molecule is CCOC(=O)/C=C\C(=O)ON1CCN(c2nn(C(=O)OCC)c3cc(F)ccc23)CC1. The van der Waals surface area contributed by atoms with Gasteiger partial charge in [-0.3, -0.25) is 0 Å². The number of ether oxygens (including phenoxy) is 2. The molecular formula is C20H23FN4O6. The zero-order chi connectivity index (χ0) is 22.4. The van der Waals surface area contributed by atoms with Crippen molar-refractivity contribution >= 4 is 34.8 Å². The largest absolute Gasteiger partial charge is 0.463 e. The van der Waals surface area contributed by atoms with Gasteiger partial charge in [0.1, 0.15) is 5.82 Å². The quantitative estimate of drug-likeness (QED) is 0.498. The number of anilines is 1. The van der Waals surface area contributed by atoms with E-state index < -0.39 is 23.8 Å². The molecule has 1 saturated heterocycles. The minimum Gasteiger partial charge on any atom is -0.463 e. The summed E-state index contributed by atoms with van der Waals surface area (Å²) in [4.78, 5) is 42.4. The summed E-state index contributed by atoms with van der Waals surface area (Å²) >= 11 is 0. The maximum absolute atomic E-state index is 13.7. The molecule has 2 heterocycles. The molecule has 1 aliphatic heterocycles. The smallest absolute Gasteiger partial charge is 0.435 e. The van der Waals surface area contributed by atoms with Gasteiger partial charge in [-0.2, -0.15) is 4.68 Å². The monoisotopic (exact) mass is 434 g/mol. The predicted molar refractivity (Wildman–Crippen MR) is 108 cm³/mol. The van der Waals surface area contributed by atoms with Gasteiger partial charge in [0.2, 0.25) is 0 Å². The first-order chi connectivity index (χ1) is 14.9. The van der Waals surface area contributed by atoms with Gasteiger partial charge in [0.15, 0.2) is 5.82 Å². The number of hydroxylamine groups is 2. The zero-order valence-electron chi connectivity index (χ0n) is 17.2. The summed E-state index contributed by atoms with van der Waals surface area (Å²) in [7, 11) is 0. The lowest BCUT2D eigenvalue weighted by Crippen LogP contribution is -2.47. The van der Waals surface area contributed by atoms with Gasteiger partial charge in [-0.25, -0.2) is 18.8 Å². The average Bonchev–Trinajstić information content (AvgIpc) is 3.12. The van der Waals surface area contributed by atoms with Crippen molar-refractivity contribution in [2.45, 2.75) is 13.8 Å². The standard InChI is InChI=1S/C20H23FN4O6/c1-3-29-17(26)7-8-18(27)31-24-11-9-23(10-12-24)19-15-6-5-14(21)13-16(15)25(22-19)20(28)30-4-2/h5-8,13H,3-4,9-12H2,1-2H3/b8-7-. The number of rotatable bonds is 6. The number of benzene rings is 1. The van der Waals surface area contributed by atoms with Gasteiger partial charge in [-0.1, -0.05) is 0 Å². The van der Waals surface area contributed by atoms with Crippen molar-refractivity contribution in [1.29, 1.82) is 0 Å². The molecule has 1 aromatic heterocycles. The molecule has 3 rings (SSSR count). The number of hydrogen-bond donors (Lipinski definition) is 0. The van der Waals surface area contributed by atoms with Gasteiger partial charge in [0, 0.05) is 36.7 Å². The van der Waals surface area contributed by atoms with Crippen LogP contribution in [0.15, 0.2) is 30.4 Å². The van der Waals surface area contributed by atoms with Crippen molar-refractivity contribution in [2.24, 2.45) is 0 Å². The molecule has 11 heteroatoms. The molecule has 166 valence electrons. The molecular weight excluding hydrogens is 411 g/mol. The Morgan fingerprint density at radius 3 is 2.39 bits per heavy atom. The molecule has 2 aromatic rings. The topological polar surface area (TPSA) is 103 Å². The third-order valence-corrected chi connectivity index (χ3v) is 4.46. The fourth-order valence-corrected chi connectivity index (χ4v) is 3.10. The normalized spacial score (nSPS) is 14.7. The van der Waals surface area contributed by atoms with Gasteiger partial charge >= 0.3 is 18.0 Å². The van der Waals surface area contributed by atoms with E-state index in [0.717, 1.165) is 16.8 Å². The fourth-order valence-electron chi connectivity index (χ4n) is 3.10. The summed E-state index contributed by atoms with van der Waals surface area (Å²) in [5.41, 5.74) is 0.311. The molecule has 0 bridgehead atoms. The number of hydrogen-bond acceptors (Lipinski definition) is 9. The molecule has 10 nitrogen and oxygen atoms in total. The summed E-state index contributed by atoms with van der Waals surface area (Å²) in [5, 5.41) is 6.42. The third-order valence-electron chi connectivity index (χ3n) is 4.46. The first-order valence-electron chi connectivity index (χ1n) is 9.85. The molecule has 1 aromatic carbocycles. The minimum absolute atomic E-state index is 0.166. The summed E-state index contributed by atoms with van der Waals surface area (Å²) < 4.78 is 24.5. The molecule has 0 spiro atoms. The highest BCUT2D eigenvalue weighted by Gasteiger charge is 2.25. The Morgan fingerprint density at radius 1 is 1.03 bits per heavy atom. The maximum atomic E-state index is 13.7. The van der Waals surface area contributed by atoms with E-state index >= 15 is 0 Å². The summed E-state index contributed by atoms with van der Waals surface area (Å²) in [6.07, 6.45) is 1.33. The second kappa shape index (κ2) is 10.0. The first kappa shape index (κ1) is 22.2. The average molecular weight is 434 g/mol. The number of carbonyl (C=O) groups is 3. The molecule has 31 heavy (non-hydrogen) atoms. The Kier molecular flexibility index (Phi) is 7.19. The number of nitrogens with zero attached hydrogens (tertiary/aromatic N) is 4. The van der Waals surface area contributed by atoms with E-state index in [9.17, 15) is 18.8 Å². The van der Waals surface area contributed by atoms with E-state index in [1.807, 2.05) is 4.90 Å². The zero-order valence-corrected chi connectivity index (χ0v) is 17.2. The summed E-state index contributed by atoms with van der Waals surface area (Å²) in [6, 6.07) is 4.10. The lowest BCUT2D eigenvalue weighted by molar-refractivity contribution is -0.185. The Hall–Kier alpha value is -3.47. The predicted octanol–water partition coefficient (Wildman–Crippen LogP) is 1.88. The Balaban J connectivity index is 1.67. The van der Waals surface area contributed by atoms with Gasteiger partial charge in [0.25, 0.3) is 0 Å². The van der Waals surface area contributed by atoms with Crippen LogP contribution in [0.5, 0.6) is 0 Å². The van der Waals surface area contributed by atoms with Crippen molar-refractivity contribution in [2.75, 3.05) is 44.3 Å². The van der Waals surface area contributed by atoms with Crippen LogP contribution in [-0.2, 0) is 23.9 Å². The highest BCUT2D eigenvalue weighted by Crippen LogP contribution is 2.28. The van der Waals surface area contributed by atoms with Gasteiger partial charge in [-0.15, -0.1) is 10.2 Å². The lowest BCUT2D eigenvalue weighted by Gasteiger charge is -2.33. The number of esters is 1. The van der Waals surface area contributed by atoms with Crippen LogP contribution >= 0.6 is 0 Å². The van der Waals surface area contributed by atoms with Gasteiger partial charge < -0.3 is 19.2 Å². The molecule has 0 N–H and O–H groups in total. The van der Waals surface area contributed by atoms with Crippen LogP contribution in [0.25, 0.3) is 10.9 Å². The van der Waals surface area contributed by atoms with Crippen molar-refractivity contribution in [3.63, 3.8) is 0 Å². The molecule has 0 aliphatic carbocycles. The first-order valence-corrected chi connectivity index (χ1v) is 9.85. The van der Waals surface area contributed by atoms with Crippen LogP contribution in [0.1, 0.15) is 13.8 Å². The molecule has 0 amide bonds. The Labute approximate surface area is 177 Å². The molecule has 0 saturated carbocycles. The van der Waals surface area contributed by atoms with Crippen LogP contribution in [0.3, 0.4) is 0 Å². The Bertz CT molecular complexity index is 997. The van der Waals surface area contributed by atoms with E-state index in [0.29, 0.717) is 42.9 Å². The number of carbonyl (C=O) groups excluding carboxylic acids is 3. The van der Waals surface area contributed by atoms with E-state index in [1.54, 1.807) is 19.9 Å². The lowest BCUT2D eigenvalue weighted by atomic mass is 10.2. The van der Waals surface area contributed by atoms with Crippen LogP contribution in [0.2, 0.25) is 0 Å². The van der Waals surface area contributed by atoms with Crippen molar-refractivity contribution in [3.8, 4) is 0 Å². The molecule has 0 unspecified atom stereocenters. The van der Waals surface area contributed by atoms with Crippen molar-refractivity contribution in [3.05, 3.63) is 36.2 Å². The summed E-state index contributed by atoms with van der Waals surface area (Å²) in [5.74, 6) is -1.29. The van der Waals surface area contributed by atoms with E-state index in [4.69, 9.17) is 14.3 Å². The second-order valence-electron chi connectivity index (χ2n) is 6.51.